The van der Waals surface area contributed by atoms with Crippen LogP contribution in [0.2, 0.25) is 0 Å². The van der Waals surface area contributed by atoms with Crippen molar-refractivity contribution in [3.63, 3.8) is 0 Å². The van der Waals surface area contributed by atoms with Gasteiger partial charge in [0.15, 0.2) is 0 Å². The molecule has 0 aromatic rings. The lowest BCUT2D eigenvalue weighted by molar-refractivity contribution is 0.0727. The molecule has 0 bridgehead atoms. The molecule has 0 heterocycles. The molecule has 0 amide bonds. The maximum absolute atomic E-state index is 9.89. The minimum absolute atomic E-state index is 0.277. The Morgan fingerprint density at radius 3 is 2.50 bits per heavy atom. The lowest BCUT2D eigenvalue weighted by atomic mass is 10.1. The molecule has 2 N–H and O–H groups in total. The lowest BCUT2D eigenvalue weighted by Gasteiger charge is -2.17. The van der Waals surface area contributed by atoms with Gasteiger partial charge in [0, 0.05) is 17.8 Å². The topological polar surface area (TPSA) is 72.4 Å². The Balaban J connectivity index is 3.29. The van der Waals surface area contributed by atoms with Gasteiger partial charge in [0.2, 0.25) is 0 Å². The van der Waals surface area contributed by atoms with Crippen LogP contribution in [-0.2, 0) is 11.3 Å². The Labute approximate surface area is 63.1 Å². The molecule has 0 rings (SSSR count). The van der Waals surface area contributed by atoms with Crippen molar-refractivity contribution in [3.8, 4) is 0 Å². The molecular weight excluding hydrogens is 154 g/mol. The zero-order valence-corrected chi connectivity index (χ0v) is 6.90. The summed E-state index contributed by atoms with van der Waals surface area (Å²) in [6.45, 7) is 3.53. The highest BCUT2D eigenvalue weighted by Crippen LogP contribution is 2.04. The van der Waals surface area contributed by atoms with E-state index < -0.39 is 16.9 Å². The van der Waals surface area contributed by atoms with Crippen molar-refractivity contribution in [2.75, 3.05) is 6.54 Å². The number of aliphatic hydroxyl groups is 1. The molecule has 0 aliphatic rings. The first-order valence-corrected chi connectivity index (χ1v) is 4.04. The Bertz CT molecular complexity index is 121. The van der Waals surface area contributed by atoms with Crippen LogP contribution >= 0.6 is 0 Å². The normalized spacial score (nSPS) is 15.2. The van der Waals surface area contributed by atoms with E-state index >= 15 is 0 Å². The van der Waals surface area contributed by atoms with Gasteiger partial charge in [0.05, 0.1) is 5.60 Å². The third-order valence-electron chi connectivity index (χ3n) is 0.957. The third-order valence-corrected chi connectivity index (χ3v) is 1.40. The van der Waals surface area contributed by atoms with E-state index in [-0.39, 0.29) is 6.54 Å². The molecule has 0 aliphatic carbocycles. The van der Waals surface area contributed by atoms with Crippen molar-refractivity contribution in [3.05, 3.63) is 0 Å². The van der Waals surface area contributed by atoms with E-state index in [1.54, 1.807) is 13.8 Å². The predicted molar refractivity (Wildman–Crippen MR) is 37.8 cm³/mol. The Hall–Kier alpha value is 0.0300. The highest BCUT2D eigenvalue weighted by atomic mass is 32.2. The first-order chi connectivity index (χ1) is 4.42. The second kappa shape index (κ2) is 4.02. The molecule has 0 saturated heterocycles. The Morgan fingerprint density at radius 2 is 2.20 bits per heavy atom. The second-order valence-electron chi connectivity index (χ2n) is 2.69. The van der Waals surface area contributed by atoms with Gasteiger partial charge < -0.3 is 9.66 Å². The molecule has 0 aromatic carbocycles. The number of nitrogens with one attached hydrogen (secondary N) is 1. The summed E-state index contributed by atoms with van der Waals surface area (Å²) in [5.41, 5.74) is -0.799. The van der Waals surface area contributed by atoms with Crippen LogP contribution in [0.1, 0.15) is 20.3 Å². The minimum Gasteiger partial charge on any atom is -0.760 e. The van der Waals surface area contributed by atoms with Crippen molar-refractivity contribution < 1.29 is 13.9 Å². The highest BCUT2D eigenvalue weighted by molar-refractivity contribution is 7.77. The monoisotopic (exact) mass is 166 g/mol. The van der Waals surface area contributed by atoms with Crippen LogP contribution in [0, 0.1) is 0 Å². The van der Waals surface area contributed by atoms with Gasteiger partial charge >= 0.3 is 0 Å². The molecule has 0 saturated carbocycles. The van der Waals surface area contributed by atoms with Gasteiger partial charge in [0.1, 0.15) is 0 Å². The largest absolute Gasteiger partial charge is 0.760 e. The SMILES string of the molecule is CC(C)(O)CCNS(=O)[O-]. The average molecular weight is 166 g/mol. The first kappa shape index (κ1) is 10.0. The maximum Gasteiger partial charge on any atom is 0.0604 e. The van der Waals surface area contributed by atoms with Crippen LogP contribution in [0.4, 0.5) is 0 Å². The van der Waals surface area contributed by atoms with Crippen molar-refractivity contribution in [1.82, 2.24) is 4.72 Å². The van der Waals surface area contributed by atoms with Crippen LogP contribution in [-0.4, -0.2) is 26.0 Å². The van der Waals surface area contributed by atoms with E-state index in [1.165, 1.54) is 0 Å². The summed E-state index contributed by atoms with van der Waals surface area (Å²) in [5.74, 6) is 0. The highest BCUT2D eigenvalue weighted by Gasteiger charge is 2.10. The smallest absolute Gasteiger partial charge is 0.0604 e. The quantitative estimate of drug-likeness (QED) is 0.555. The van der Waals surface area contributed by atoms with E-state index in [2.05, 4.69) is 4.72 Å². The summed E-state index contributed by atoms with van der Waals surface area (Å²) in [4.78, 5) is 0. The summed E-state index contributed by atoms with van der Waals surface area (Å²) in [7, 11) is 0. The second-order valence-corrected chi connectivity index (χ2v) is 3.45. The Morgan fingerprint density at radius 1 is 1.70 bits per heavy atom. The van der Waals surface area contributed by atoms with Gasteiger partial charge in [-0.15, -0.1) is 0 Å². The molecule has 0 radical (unpaired) electrons. The standard InChI is InChI=1S/C5H13NO3S/c1-5(2,7)3-4-6-10(8)9/h6-7H,3-4H2,1-2H3,(H,8,9)/p-1. The van der Waals surface area contributed by atoms with Crippen LogP contribution in [0.15, 0.2) is 0 Å². The zero-order valence-electron chi connectivity index (χ0n) is 6.09. The third kappa shape index (κ3) is 8.03. The number of hydrogen-bond acceptors (Lipinski definition) is 3. The summed E-state index contributed by atoms with van der Waals surface area (Å²) in [6.07, 6.45) is 0.418. The minimum atomic E-state index is -2.21. The van der Waals surface area contributed by atoms with Gasteiger partial charge in [-0.05, 0) is 20.3 Å². The van der Waals surface area contributed by atoms with E-state index in [4.69, 9.17) is 5.11 Å². The van der Waals surface area contributed by atoms with Gasteiger partial charge in [0.25, 0.3) is 0 Å². The molecular formula is C5H12NO3S-. The fraction of sp³-hybridized carbons (Fsp3) is 1.00. The summed E-state index contributed by atoms with van der Waals surface area (Å²) >= 11 is -2.21. The molecule has 62 valence electrons. The molecule has 4 nitrogen and oxygen atoms in total. The zero-order chi connectivity index (χ0) is 8.20. The van der Waals surface area contributed by atoms with Crippen LogP contribution < -0.4 is 4.72 Å². The van der Waals surface area contributed by atoms with Crippen molar-refractivity contribution in [1.29, 1.82) is 0 Å². The van der Waals surface area contributed by atoms with Gasteiger partial charge in [-0.2, -0.15) is 0 Å². The number of hydrogen-bond donors (Lipinski definition) is 2. The predicted octanol–water partition coefficient (Wildman–Crippen LogP) is -0.469. The van der Waals surface area contributed by atoms with E-state index in [0.717, 1.165) is 0 Å². The summed E-state index contributed by atoms with van der Waals surface area (Å²) in [6, 6.07) is 0. The lowest BCUT2D eigenvalue weighted by Crippen LogP contribution is -2.27. The first-order valence-electron chi connectivity index (χ1n) is 2.97. The summed E-state index contributed by atoms with van der Waals surface area (Å²) in [5, 5.41) is 9.09. The van der Waals surface area contributed by atoms with E-state index in [1.807, 2.05) is 0 Å². The molecule has 0 aromatic heterocycles. The molecule has 0 spiro atoms. The van der Waals surface area contributed by atoms with Crippen LogP contribution in [0.25, 0.3) is 0 Å². The van der Waals surface area contributed by atoms with Crippen molar-refractivity contribution in [2.24, 2.45) is 0 Å². The molecule has 1 unspecified atom stereocenters. The van der Waals surface area contributed by atoms with Crippen molar-refractivity contribution >= 4 is 11.3 Å². The van der Waals surface area contributed by atoms with E-state index in [9.17, 15) is 8.76 Å². The van der Waals surface area contributed by atoms with Crippen LogP contribution in [0.5, 0.6) is 0 Å². The maximum atomic E-state index is 9.89. The molecule has 10 heavy (non-hydrogen) atoms. The molecule has 1 atom stereocenters. The molecule has 0 fully saturated rings. The Kier molecular flexibility index (Phi) is 4.04. The van der Waals surface area contributed by atoms with Gasteiger partial charge in [-0.3, -0.25) is 4.21 Å². The van der Waals surface area contributed by atoms with Gasteiger partial charge in [-0.1, -0.05) is 0 Å². The van der Waals surface area contributed by atoms with Crippen molar-refractivity contribution in [2.45, 2.75) is 25.9 Å². The molecule has 5 heteroatoms. The van der Waals surface area contributed by atoms with Crippen LogP contribution in [0.3, 0.4) is 0 Å². The van der Waals surface area contributed by atoms with E-state index in [0.29, 0.717) is 6.42 Å². The molecule has 0 aliphatic heterocycles. The van der Waals surface area contributed by atoms with Gasteiger partial charge in [-0.25, -0.2) is 4.72 Å². The average Bonchev–Trinajstić information content (AvgIpc) is 1.59. The fourth-order valence-corrected chi connectivity index (χ4v) is 0.709. The number of rotatable bonds is 4. The summed E-state index contributed by atoms with van der Waals surface area (Å²) < 4.78 is 21.9. The fourth-order valence-electron chi connectivity index (χ4n) is 0.440.